The van der Waals surface area contributed by atoms with Gasteiger partial charge in [-0.3, -0.25) is 4.79 Å². The molecule has 1 saturated carbocycles. The summed E-state index contributed by atoms with van der Waals surface area (Å²) in [6.07, 6.45) is 2.41. The second-order valence-electron chi connectivity index (χ2n) is 5.77. The van der Waals surface area contributed by atoms with Crippen molar-refractivity contribution in [2.24, 2.45) is 0 Å². The Morgan fingerprint density at radius 1 is 1.35 bits per heavy atom. The first-order chi connectivity index (χ1) is 9.59. The molecule has 0 radical (unpaired) electrons. The lowest BCUT2D eigenvalue weighted by Crippen LogP contribution is -2.43. The largest absolute Gasteiger partial charge is 0.397 e. The number of hydrogen-bond donors (Lipinski definition) is 2. The number of piperazine rings is 1. The molecule has 1 amide bonds. The van der Waals surface area contributed by atoms with E-state index in [4.69, 9.17) is 5.73 Å². The van der Waals surface area contributed by atoms with Crippen molar-refractivity contribution in [3.63, 3.8) is 0 Å². The summed E-state index contributed by atoms with van der Waals surface area (Å²) in [6.45, 7) is 3.99. The minimum Gasteiger partial charge on any atom is -0.397 e. The minimum atomic E-state index is 0.0239. The smallest absolute Gasteiger partial charge is 0.265 e. The molecule has 1 aromatic rings. The van der Waals surface area contributed by atoms with Crippen LogP contribution < -0.4 is 16.0 Å². The number of thiophene rings is 1. The summed E-state index contributed by atoms with van der Waals surface area (Å²) >= 11 is 1.58. The first-order valence-electron chi connectivity index (χ1n) is 7.19. The van der Waals surface area contributed by atoms with Crippen LogP contribution in [0.4, 0.5) is 10.7 Å². The fraction of sp³-hybridized carbons (Fsp3) is 0.643. The second-order valence-corrected chi connectivity index (χ2v) is 6.77. The predicted molar refractivity (Wildman–Crippen MR) is 83.8 cm³/mol. The summed E-state index contributed by atoms with van der Waals surface area (Å²) in [5.74, 6) is 0.593. The summed E-state index contributed by atoms with van der Waals surface area (Å²) in [7, 11) is 3.56. The molecule has 6 heteroatoms. The summed E-state index contributed by atoms with van der Waals surface area (Å²) in [5, 5.41) is 4.60. The molecule has 1 aliphatic carbocycles. The zero-order valence-corrected chi connectivity index (χ0v) is 12.9. The maximum absolute atomic E-state index is 12.3. The van der Waals surface area contributed by atoms with Crippen LogP contribution in [0.1, 0.15) is 34.0 Å². The first kappa shape index (κ1) is 13.7. The average molecular weight is 294 g/mol. The third kappa shape index (κ3) is 2.38. The average Bonchev–Trinajstić information content (AvgIpc) is 3.22. The zero-order valence-electron chi connectivity index (χ0n) is 12.1. The standard InChI is InChI=1S/C14H22N4OS/c1-17(2)13(19)12-11(15)10(9-3-4-9)14(20-12)18-7-5-16-6-8-18/h9,16H,3-8,15H2,1-2H3. The number of anilines is 2. The van der Waals surface area contributed by atoms with E-state index in [1.165, 1.54) is 23.4 Å². The van der Waals surface area contributed by atoms with Gasteiger partial charge in [0.25, 0.3) is 5.91 Å². The Morgan fingerprint density at radius 3 is 2.55 bits per heavy atom. The first-order valence-corrected chi connectivity index (χ1v) is 8.00. The van der Waals surface area contributed by atoms with Crippen molar-refractivity contribution in [3.05, 3.63) is 10.4 Å². The van der Waals surface area contributed by atoms with Gasteiger partial charge in [-0.1, -0.05) is 0 Å². The summed E-state index contributed by atoms with van der Waals surface area (Å²) in [5.41, 5.74) is 8.28. The number of carbonyl (C=O) groups is 1. The quantitative estimate of drug-likeness (QED) is 0.882. The van der Waals surface area contributed by atoms with Gasteiger partial charge in [0.15, 0.2) is 0 Å². The number of nitrogen functional groups attached to an aromatic ring is 1. The minimum absolute atomic E-state index is 0.0239. The van der Waals surface area contributed by atoms with E-state index in [0.717, 1.165) is 31.9 Å². The second kappa shape index (κ2) is 5.26. The Hall–Kier alpha value is -1.27. The van der Waals surface area contributed by atoms with Crippen LogP contribution in [0.15, 0.2) is 0 Å². The van der Waals surface area contributed by atoms with E-state index in [1.54, 1.807) is 30.3 Å². The number of nitrogens with one attached hydrogen (secondary N) is 1. The van der Waals surface area contributed by atoms with Gasteiger partial charge in [0.1, 0.15) is 4.88 Å². The molecule has 1 aliphatic heterocycles. The van der Waals surface area contributed by atoms with Gasteiger partial charge >= 0.3 is 0 Å². The number of rotatable bonds is 3. The van der Waals surface area contributed by atoms with Crippen molar-refractivity contribution in [2.75, 3.05) is 50.9 Å². The number of nitrogens with two attached hydrogens (primary N) is 1. The van der Waals surface area contributed by atoms with Crippen LogP contribution in [0.5, 0.6) is 0 Å². The molecule has 3 rings (SSSR count). The molecular formula is C14H22N4OS. The molecule has 1 saturated heterocycles. The van der Waals surface area contributed by atoms with E-state index in [2.05, 4.69) is 10.2 Å². The van der Waals surface area contributed by atoms with E-state index in [9.17, 15) is 4.79 Å². The molecule has 0 spiro atoms. The number of carbonyl (C=O) groups excluding carboxylic acids is 1. The maximum atomic E-state index is 12.3. The number of hydrogen-bond acceptors (Lipinski definition) is 5. The van der Waals surface area contributed by atoms with Crippen LogP contribution in [0.25, 0.3) is 0 Å². The van der Waals surface area contributed by atoms with Crippen LogP contribution in [0.3, 0.4) is 0 Å². The highest BCUT2D eigenvalue weighted by Gasteiger charge is 2.35. The fourth-order valence-corrected chi connectivity index (χ4v) is 4.06. The van der Waals surface area contributed by atoms with Crippen molar-refractivity contribution >= 4 is 27.9 Å². The fourth-order valence-electron chi connectivity index (χ4n) is 2.68. The molecule has 110 valence electrons. The third-order valence-electron chi connectivity index (χ3n) is 3.95. The normalized spacial score (nSPS) is 19.2. The molecule has 2 fully saturated rings. The van der Waals surface area contributed by atoms with E-state index in [-0.39, 0.29) is 5.91 Å². The summed E-state index contributed by atoms with van der Waals surface area (Å²) < 4.78 is 0. The molecule has 0 unspecified atom stereocenters. The van der Waals surface area contributed by atoms with Crippen LogP contribution in [-0.4, -0.2) is 51.1 Å². The van der Waals surface area contributed by atoms with Gasteiger partial charge in [-0.2, -0.15) is 0 Å². The van der Waals surface area contributed by atoms with Gasteiger partial charge < -0.3 is 20.9 Å². The Morgan fingerprint density at radius 2 is 2.00 bits per heavy atom. The van der Waals surface area contributed by atoms with Gasteiger partial charge in [-0.05, 0) is 18.8 Å². The van der Waals surface area contributed by atoms with E-state index in [1.807, 2.05) is 0 Å². The molecule has 3 N–H and O–H groups in total. The Labute approximate surface area is 123 Å². The maximum Gasteiger partial charge on any atom is 0.265 e. The summed E-state index contributed by atoms with van der Waals surface area (Å²) in [4.78, 5) is 17.0. The van der Waals surface area contributed by atoms with E-state index < -0.39 is 0 Å². The number of amides is 1. The molecule has 0 bridgehead atoms. The predicted octanol–water partition coefficient (Wildman–Crippen LogP) is 1.32. The lowest BCUT2D eigenvalue weighted by molar-refractivity contribution is 0.0833. The van der Waals surface area contributed by atoms with Gasteiger partial charge in [-0.25, -0.2) is 0 Å². The van der Waals surface area contributed by atoms with Crippen molar-refractivity contribution in [1.82, 2.24) is 10.2 Å². The molecule has 2 aliphatic rings. The molecule has 0 aromatic carbocycles. The Balaban J connectivity index is 1.99. The molecule has 2 heterocycles. The lowest BCUT2D eigenvalue weighted by Gasteiger charge is -2.29. The molecule has 1 aromatic heterocycles. The molecule has 5 nitrogen and oxygen atoms in total. The molecule has 0 atom stereocenters. The Kier molecular flexibility index (Phi) is 3.60. The third-order valence-corrected chi connectivity index (χ3v) is 5.22. The van der Waals surface area contributed by atoms with Gasteiger partial charge in [0.2, 0.25) is 0 Å². The van der Waals surface area contributed by atoms with Crippen LogP contribution >= 0.6 is 11.3 Å². The van der Waals surface area contributed by atoms with Gasteiger partial charge in [-0.15, -0.1) is 11.3 Å². The van der Waals surface area contributed by atoms with Crippen LogP contribution in [0.2, 0.25) is 0 Å². The lowest BCUT2D eigenvalue weighted by atomic mass is 10.1. The summed E-state index contributed by atoms with van der Waals surface area (Å²) in [6, 6.07) is 0. The molecular weight excluding hydrogens is 272 g/mol. The van der Waals surface area contributed by atoms with Crippen LogP contribution in [0, 0.1) is 0 Å². The van der Waals surface area contributed by atoms with Crippen molar-refractivity contribution in [1.29, 1.82) is 0 Å². The monoisotopic (exact) mass is 294 g/mol. The Bertz CT molecular complexity index is 515. The van der Waals surface area contributed by atoms with Crippen molar-refractivity contribution < 1.29 is 4.79 Å². The topological polar surface area (TPSA) is 61.6 Å². The highest BCUT2D eigenvalue weighted by atomic mass is 32.1. The van der Waals surface area contributed by atoms with Crippen molar-refractivity contribution in [3.8, 4) is 0 Å². The van der Waals surface area contributed by atoms with E-state index in [0.29, 0.717) is 10.8 Å². The van der Waals surface area contributed by atoms with Crippen molar-refractivity contribution in [2.45, 2.75) is 18.8 Å². The highest BCUT2D eigenvalue weighted by molar-refractivity contribution is 7.18. The SMILES string of the molecule is CN(C)C(=O)c1sc(N2CCNCC2)c(C2CC2)c1N. The highest BCUT2D eigenvalue weighted by Crippen LogP contribution is 2.52. The van der Waals surface area contributed by atoms with E-state index >= 15 is 0 Å². The van der Waals surface area contributed by atoms with Gasteiger partial charge in [0, 0.05) is 45.8 Å². The zero-order chi connectivity index (χ0) is 14.3. The van der Waals surface area contributed by atoms with Crippen LogP contribution in [-0.2, 0) is 0 Å². The van der Waals surface area contributed by atoms with Gasteiger partial charge in [0.05, 0.1) is 10.7 Å². The number of nitrogens with zero attached hydrogens (tertiary/aromatic N) is 2. The molecule has 20 heavy (non-hydrogen) atoms.